The van der Waals surface area contributed by atoms with Gasteiger partial charge in [0.25, 0.3) is 0 Å². The first-order chi connectivity index (χ1) is 9.15. The van der Waals surface area contributed by atoms with E-state index in [0.717, 1.165) is 37.1 Å². The molecule has 1 aromatic rings. The molecule has 1 aromatic carbocycles. The van der Waals surface area contributed by atoms with Crippen molar-refractivity contribution < 1.29 is 4.74 Å². The third kappa shape index (κ3) is 6.63. The van der Waals surface area contributed by atoms with E-state index in [1.807, 2.05) is 0 Å². The molecule has 0 saturated carbocycles. The van der Waals surface area contributed by atoms with Gasteiger partial charge in [-0.25, -0.2) is 0 Å². The minimum absolute atomic E-state index is 0.732. The first kappa shape index (κ1) is 16.0. The van der Waals surface area contributed by atoms with Crippen LogP contribution >= 0.6 is 0 Å². The zero-order chi connectivity index (χ0) is 14.1. The number of nitrogens with one attached hydrogen (secondary N) is 1. The molecule has 1 unspecified atom stereocenters. The Balaban J connectivity index is 2.53. The van der Waals surface area contributed by atoms with Crippen LogP contribution in [-0.4, -0.2) is 20.2 Å². The fourth-order valence-corrected chi connectivity index (χ4v) is 2.29. The van der Waals surface area contributed by atoms with Crippen molar-refractivity contribution in [1.82, 2.24) is 5.32 Å². The summed E-state index contributed by atoms with van der Waals surface area (Å²) in [6.45, 7) is 8.96. The predicted molar refractivity (Wildman–Crippen MR) is 82.8 cm³/mol. The monoisotopic (exact) mass is 263 g/mol. The van der Waals surface area contributed by atoms with Crippen molar-refractivity contribution in [3.8, 4) is 5.75 Å². The molecule has 0 heterocycles. The Kier molecular flexibility index (Phi) is 7.57. The smallest absolute Gasteiger partial charge is 0.118 e. The average Bonchev–Trinajstić information content (AvgIpc) is 2.42. The Hall–Kier alpha value is -1.02. The van der Waals surface area contributed by atoms with E-state index in [2.05, 4.69) is 50.4 Å². The molecule has 0 aliphatic rings. The number of hydrogen-bond donors (Lipinski definition) is 1. The van der Waals surface area contributed by atoms with Gasteiger partial charge in [0.1, 0.15) is 5.75 Å². The lowest BCUT2D eigenvalue weighted by atomic mass is 9.92. The minimum atomic E-state index is 0.732. The Bertz CT molecular complexity index is 332. The average molecular weight is 263 g/mol. The van der Waals surface area contributed by atoms with Crippen molar-refractivity contribution in [2.24, 2.45) is 11.8 Å². The van der Waals surface area contributed by atoms with Crippen molar-refractivity contribution >= 4 is 0 Å². The zero-order valence-electron chi connectivity index (χ0n) is 12.9. The Labute approximate surface area is 118 Å². The quantitative estimate of drug-likeness (QED) is 0.729. The summed E-state index contributed by atoms with van der Waals surface area (Å²) in [5.74, 6) is 2.46. The summed E-state index contributed by atoms with van der Waals surface area (Å²) < 4.78 is 5.21. The van der Waals surface area contributed by atoms with E-state index in [4.69, 9.17) is 4.74 Å². The van der Waals surface area contributed by atoms with Gasteiger partial charge in [0, 0.05) is 0 Å². The van der Waals surface area contributed by atoms with Gasteiger partial charge in [0.05, 0.1) is 7.11 Å². The standard InChI is InChI=1S/C17H29NO/c1-5-18-13-16(7-6-14(2)3)12-15-8-10-17(19-4)11-9-15/h8-11,14,16,18H,5-7,12-13H2,1-4H3. The highest BCUT2D eigenvalue weighted by molar-refractivity contribution is 5.27. The second-order valence-electron chi connectivity index (χ2n) is 5.70. The second kappa shape index (κ2) is 8.98. The highest BCUT2D eigenvalue weighted by atomic mass is 16.5. The molecule has 108 valence electrons. The molecule has 0 radical (unpaired) electrons. The first-order valence-corrected chi connectivity index (χ1v) is 7.49. The van der Waals surface area contributed by atoms with Crippen LogP contribution in [0.2, 0.25) is 0 Å². The summed E-state index contributed by atoms with van der Waals surface area (Å²) in [7, 11) is 1.71. The van der Waals surface area contributed by atoms with Gasteiger partial charge < -0.3 is 10.1 Å². The van der Waals surface area contributed by atoms with Crippen LogP contribution in [0.3, 0.4) is 0 Å². The molecule has 0 aromatic heterocycles. The molecular weight excluding hydrogens is 234 g/mol. The van der Waals surface area contributed by atoms with Crippen LogP contribution in [0.1, 0.15) is 39.2 Å². The molecule has 1 rings (SSSR count). The third-order valence-corrected chi connectivity index (χ3v) is 3.52. The van der Waals surface area contributed by atoms with Gasteiger partial charge in [-0.2, -0.15) is 0 Å². The molecule has 1 atom stereocenters. The highest BCUT2D eigenvalue weighted by Crippen LogP contribution is 2.19. The van der Waals surface area contributed by atoms with Crippen LogP contribution in [-0.2, 0) is 6.42 Å². The normalized spacial score (nSPS) is 12.7. The van der Waals surface area contributed by atoms with Crippen LogP contribution in [0.4, 0.5) is 0 Å². The molecule has 0 fully saturated rings. The summed E-state index contributed by atoms with van der Waals surface area (Å²) in [6, 6.07) is 8.49. The highest BCUT2D eigenvalue weighted by Gasteiger charge is 2.10. The van der Waals surface area contributed by atoms with Gasteiger partial charge in [0.15, 0.2) is 0 Å². The van der Waals surface area contributed by atoms with Crippen molar-refractivity contribution in [2.45, 2.75) is 40.0 Å². The molecule has 1 N–H and O–H groups in total. The van der Waals surface area contributed by atoms with Crippen LogP contribution < -0.4 is 10.1 Å². The number of rotatable bonds is 9. The fourth-order valence-electron chi connectivity index (χ4n) is 2.29. The Morgan fingerprint density at radius 2 is 1.79 bits per heavy atom. The van der Waals surface area contributed by atoms with E-state index >= 15 is 0 Å². The molecule has 2 heteroatoms. The fraction of sp³-hybridized carbons (Fsp3) is 0.647. The number of methoxy groups -OCH3 is 1. The number of benzene rings is 1. The molecule has 2 nitrogen and oxygen atoms in total. The van der Waals surface area contributed by atoms with Crippen LogP contribution in [0, 0.1) is 11.8 Å². The third-order valence-electron chi connectivity index (χ3n) is 3.52. The lowest BCUT2D eigenvalue weighted by Gasteiger charge is -2.18. The van der Waals surface area contributed by atoms with E-state index in [-0.39, 0.29) is 0 Å². The van der Waals surface area contributed by atoms with Crippen LogP contribution in [0.5, 0.6) is 5.75 Å². The van der Waals surface area contributed by atoms with E-state index < -0.39 is 0 Å². The second-order valence-corrected chi connectivity index (χ2v) is 5.70. The predicted octanol–water partition coefficient (Wildman–Crippen LogP) is 3.90. The van der Waals surface area contributed by atoms with Crippen molar-refractivity contribution in [2.75, 3.05) is 20.2 Å². The van der Waals surface area contributed by atoms with Gasteiger partial charge in [0.2, 0.25) is 0 Å². The molecule has 0 aliphatic heterocycles. The summed E-state index contributed by atoms with van der Waals surface area (Å²) in [6.07, 6.45) is 3.77. The topological polar surface area (TPSA) is 21.3 Å². The summed E-state index contributed by atoms with van der Waals surface area (Å²) in [4.78, 5) is 0. The number of hydrogen-bond acceptors (Lipinski definition) is 2. The van der Waals surface area contributed by atoms with Gasteiger partial charge in [-0.1, -0.05) is 39.3 Å². The van der Waals surface area contributed by atoms with E-state index in [1.54, 1.807) is 7.11 Å². The maximum atomic E-state index is 5.21. The SMILES string of the molecule is CCNCC(CCC(C)C)Cc1ccc(OC)cc1. The molecule has 0 saturated heterocycles. The van der Waals surface area contributed by atoms with Gasteiger partial charge >= 0.3 is 0 Å². The molecule has 19 heavy (non-hydrogen) atoms. The summed E-state index contributed by atoms with van der Waals surface area (Å²) >= 11 is 0. The van der Waals surface area contributed by atoms with Crippen molar-refractivity contribution in [3.63, 3.8) is 0 Å². The summed E-state index contributed by atoms with van der Waals surface area (Å²) in [5, 5.41) is 3.49. The zero-order valence-corrected chi connectivity index (χ0v) is 12.9. The van der Waals surface area contributed by atoms with Gasteiger partial charge in [-0.15, -0.1) is 0 Å². The van der Waals surface area contributed by atoms with Gasteiger partial charge in [-0.05, 0) is 55.5 Å². The van der Waals surface area contributed by atoms with E-state index in [1.165, 1.54) is 18.4 Å². The largest absolute Gasteiger partial charge is 0.497 e. The van der Waals surface area contributed by atoms with E-state index in [0.29, 0.717) is 0 Å². The van der Waals surface area contributed by atoms with E-state index in [9.17, 15) is 0 Å². The first-order valence-electron chi connectivity index (χ1n) is 7.49. The van der Waals surface area contributed by atoms with Crippen LogP contribution in [0.15, 0.2) is 24.3 Å². The maximum absolute atomic E-state index is 5.21. The van der Waals surface area contributed by atoms with Crippen LogP contribution in [0.25, 0.3) is 0 Å². The molecule has 0 aliphatic carbocycles. The molecule has 0 amide bonds. The lowest BCUT2D eigenvalue weighted by Crippen LogP contribution is -2.24. The summed E-state index contributed by atoms with van der Waals surface area (Å²) in [5.41, 5.74) is 1.41. The van der Waals surface area contributed by atoms with Gasteiger partial charge in [-0.3, -0.25) is 0 Å². The molecular formula is C17H29NO. The number of ether oxygens (including phenoxy) is 1. The minimum Gasteiger partial charge on any atom is -0.497 e. The Morgan fingerprint density at radius 1 is 1.11 bits per heavy atom. The lowest BCUT2D eigenvalue weighted by molar-refractivity contribution is 0.400. The van der Waals surface area contributed by atoms with Crippen molar-refractivity contribution in [3.05, 3.63) is 29.8 Å². The Morgan fingerprint density at radius 3 is 2.32 bits per heavy atom. The molecule has 0 spiro atoms. The van der Waals surface area contributed by atoms with Crippen molar-refractivity contribution in [1.29, 1.82) is 0 Å². The maximum Gasteiger partial charge on any atom is 0.118 e. The molecule has 0 bridgehead atoms.